The molecule has 0 aliphatic carbocycles. The zero-order valence-electron chi connectivity index (χ0n) is 7.32. The summed E-state index contributed by atoms with van der Waals surface area (Å²) in [6.07, 6.45) is -2.51. The topological polar surface area (TPSA) is 25.8 Å². The highest BCUT2D eigenvalue weighted by molar-refractivity contribution is 7.13. The first-order valence-corrected chi connectivity index (χ1v) is 4.88. The Kier molecular flexibility index (Phi) is 2.44. The fourth-order valence-electron chi connectivity index (χ4n) is 1.15. The highest BCUT2D eigenvalue weighted by atomic mass is 32.1. The van der Waals surface area contributed by atoms with Crippen molar-refractivity contribution in [1.82, 2.24) is 9.97 Å². The highest BCUT2D eigenvalue weighted by Gasteiger charge is 2.35. The standard InChI is InChI=1S/C9H5F3N2S/c10-9(11,12)6-4-13-5-14-8(6)7-2-1-3-15-7/h1-5H. The third kappa shape index (κ3) is 1.99. The summed E-state index contributed by atoms with van der Waals surface area (Å²) in [5.41, 5.74) is -0.861. The molecule has 0 saturated carbocycles. The van der Waals surface area contributed by atoms with Crippen LogP contribution in [0.3, 0.4) is 0 Å². The Labute approximate surface area is 87.4 Å². The molecular formula is C9H5F3N2S. The predicted molar refractivity (Wildman–Crippen MR) is 50.3 cm³/mol. The van der Waals surface area contributed by atoms with Gasteiger partial charge in [0.1, 0.15) is 11.9 Å². The number of aromatic nitrogens is 2. The molecule has 0 N–H and O–H groups in total. The van der Waals surface area contributed by atoms with Gasteiger partial charge < -0.3 is 0 Å². The van der Waals surface area contributed by atoms with E-state index in [1.807, 2.05) is 0 Å². The van der Waals surface area contributed by atoms with Gasteiger partial charge in [0, 0.05) is 6.20 Å². The third-order valence-electron chi connectivity index (χ3n) is 1.77. The summed E-state index contributed by atoms with van der Waals surface area (Å²) in [5.74, 6) is 0. The maximum atomic E-state index is 12.6. The van der Waals surface area contributed by atoms with Crippen LogP contribution in [0.1, 0.15) is 5.56 Å². The summed E-state index contributed by atoms with van der Waals surface area (Å²) in [6.45, 7) is 0. The predicted octanol–water partition coefficient (Wildman–Crippen LogP) is 3.22. The van der Waals surface area contributed by atoms with Crippen molar-refractivity contribution in [2.75, 3.05) is 0 Å². The van der Waals surface area contributed by atoms with Gasteiger partial charge in [0.2, 0.25) is 0 Å². The van der Waals surface area contributed by atoms with Gasteiger partial charge in [-0.1, -0.05) is 6.07 Å². The van der Waals surface area contributed by atoms with Crippen LogP contribution in [0.4, 0.5) is 13.2 Å². The van der Waals surface area contributed by atoms with Crippen LogP contribution in [-0.4, -0.2) is 9.97 Å². The highest BCUT2D eigenvalue weighted by Crippen LogP contribution is 2.36. The fourth-order valence-corrected chi connectivity index (χ4v) is 1.88. The van der Waals surface area contributed by atoms with Gasteiger partial charge in [-0.05, 0) is 11.4 Å². The number of thiophene rings is 1. The van der Waals surface area contributed by atoms with E-state index in [9.17, 15) is 13.2 Å². The van der Waals surface area contributed by atoms with Gasteiger partial charge in [0.15, 0.2) is 0 Å². The Balaban J connectivity index is 2.58. The van der Waals surface area contributed by atoms with E-state index < -0.39 is 11.7 Å². The molecule has 0 spiro atoms. The normalized spacial score (nSPS) is 11.7. The van der Waals surface area contributed by atoms with Crippen molar-refractivity contribution in [3.63, 3.8) is 0 Å². The molecule has 15 heavy (non-hydrogen) atoms. The van der Waals surface area contributed by atoms with Crippen LogP contribution in [-0.2, 0) is 6.18 Å². The van der Waals surface area contributed by atoms with E-state index in [-0.39, 0.29) is 5.69 Å². The number of halogens is 3. The van der Waals surface area contributed by atoms with Crippen LogP contribution in [0, 0.1) is 0 Å². The molecule has 0 aliphatic rings. The molecule has 0 fully saturated rings. The lowest BCUT2D eigenvalue weighted by atomic mass is 10.2. The molecule has 0 aromatic carbocycles. The number of alkyl halides is 3. The molecule has 2 nitrogen and oxygen atoms in total. The smallest absolute Gasteiger partial charge is 0.244 e. The average molecular weight is 230 g/mol. The zero-order valence-corrected chi connectivity index (χ0v) is 8.14. The van der Waals surface area contributed by atoms with Gasteiger partial charge >= 0.3 is 6.18 Å². The van der Waals surface area contributed by atoms with Crippen LogP contribution in [0.25, 0.3) is 10.6 Å². The van der Waals surface area contributed by atoms with Crippen molar-refractivity contribution < 1.29 is 13.2 Å². The molecule has 0 unspecified atom stereocenters. The second-order valence-electron chi connectivity index (χ2n) is 2.76. The Morgan fingerprint density at radius 2 is 2.07 bits per heavy atom. The quantitative estimate of drug-likeness (QED) is 0.751. The van der Waals surface area contributed by atoms with Crippen LogP contribution < -0.4 is 0 Å². The third-order valence-corrected chi connectivity index (χ3v) is 2.65. The average Bonchev–Trinajstić information content (AvgIpc) is 2.69. The van der Waals surface area contributed by atoms with Crippen molar-refractivity contribution in [2.45, 2.75) is 6.18 Å². The van der Waals surface area contributed by atoms with E-state index in [4.69, 9.17) is 0 Å². The molecule has 2 heterocycles. The van der Waals surface area contributed by atoms with Crippen molar-refractivity contribution in [1.29, 1.82) is 0 Å². The van der Waals surface area contributed by atoms with E-state index >= 15 is 0 Å². The lowest BCUT2D eigenvalue weighted by Gasteiger charge is -2.09. The maximum absolute atomic E-state index is 12.6. The first kappa shape index (κ1) is 10.1. The van der Waals surface area contributed by atoms with E-state index in [0.717, 1.165) is 12.5 Å². The Morgan fingerprint density at radius 3 is 2.67 bits per heavy atom. The molecule has 0 atom stereocenters. The second-order valence-corrected chi connectivity index (χ2v) is 3.71. The van der Waals surface area contributed by atoms with Crippen LogP contribution in [0.5, 0.6) is 0 Å². The molecule has 6 heteroatoms. The van der Waals surface area contributed by atoms with Gasteiger partial charge in [-0.2, -0.15) is 13.2 Å². The minimum absolute atomic E-state index is 0.0625. The first-order valence-electron chi connectivity index (χ1n) is 4.00. The van der Waals surface area contributed by atoms with Gasteiger partial charge in [-0.15, -0.1) is 11.3 Å². The molecule has 0 bridgehead atoms. The molecule has 0 radical (unpaired) electrons. The van der Waals surface area contributed by atoms with Crippen molar-refractivity contribution in [3.8, 4) is 10.6 Å². The Morgan fingerprint density at radius 1 is 1.27 bits per heavy atom. The van der Waals surface area contributed by atoms with Crippen molar-refractivity contribution in [2.24, 2.45) is 0 Å². The summed E-state index contributed by atoms with van der Waals surface area (Å²) in [6, 6.07) is 3.28. The number of rotatable bonds is 1. The molecule has 2 aromatic heterocycles. The first-order chi connectivity index (χ1) is 7.09. The van der Waals surface area contributed by atoms with Gasteiger partial charge in [0.05, 0.1) is 10.6 Å². The molecule has 0 amide bonds. The summed E-state index contributed by atoms with van der Waals surface area (Å²) in [7, 11) is 0. The summed E-state index contributed by atoms with van der Waals surface area (Å²) in [5, 5.41) is 1.71. The minimum Gasteiger partial charge on any atom is -0.244 e. The van der Waals surface area contributed by atoms with Crippen LogP contribution in [0.15, 0.2) is 30.0 Å². The van der Waals surface area contributed by atoms with Crippen molar-refractivity contribution >= 4 is 11.3 Å². The Bertz CT molecular complexity index is 451. The lowest BCUT2D eigenvalue weighted by molar-refractivity contribution is -0.137. The molecule has 2 aromatic rings. The van der Waals surface area contributed by atoms with Gasteiger partial charge in [-0.3, -0.25) is 0 Å². The molecule has 78 valence electrons. The van der Waals surface area contributed by atoms with E-state index in [1.54, 1.807) is 17.5 Å². The Hall–Kier alpha value is -1.43. The summed E-state index contributed by atoms with van der Waals surface area (Å²) >= 11 is 1.22. The van der Waals surface area contributed by atoms with E-state index in [2.05, 4.69) is 9.97 Å². The van der Waals surface area contributed by atoms with Gasteiger partial charge in [-0.25, -0.2) is 9.97 Å². The van der Waals surface area contributed by atoms with Crippen molar-refractivity contribution in [3.05, 3.63) is 35.6 Å². The second kappa shape index (κ2) is 3.62. The maximum Gasteiger partial charge on any atom is 0.420 e. The number of hydrogen-bond acceptors (Lipinski definition) is 3. The van der Waals surface area contributed by atoms with Crippen LogP contribution >= 0.6 is 11.3 Å². The van der Waals surface area contributed by atoms with E-state index in [1.165, 1.54) is 11.3 Å². The number of hydrogen-bond donors (Lipinski definition) is 0. The monoisotopic (exact) mass is 230 g/mol. The molecule has 0 aliphatic heterocycles. The number of nitrogens with zero attached hydrogens (tertiary/aromatic N) is 2. The molecule has 0 saturated heterocycles. The SMILES string of the molecule is FC(F)(F)c1cncnc1-c1cccs1. The molecule has 2 rings (SSSR count). The largest absolute Gasteiger partial charge is 0.420 e. The fraction of sp³-hybridized carbons (Fsp3) is 0.111. The summed E-state index contributed by atoms with van der Waals surface area (Å²) < 4.78 is 37.7. The van der Waals surface area contributed by atoms with E-state index in [0.29, 0.717) is 4.88 Å². The molecular weight excluding hydrogens is 225 g/mol. The zero-order chi connectivity index (χ0) is 10.9. The summed E-state index contributed by atoms with van der Waals surface area (Å²) in [4.78, 5) is 7.55. The van der Waals surface area contributed by atoms with Crippen LogP contribution in [0.2, 0.25) is 0 Å². The minimum atomic E-state index is -4.42. The van der Waals surface area contributed by atoms with Gasteiger partial charge in [0.25, 0.3) is 0 Å². The lowest BCUT2D eigenvalue weighted by Crippen LogP contribution is -2.08.